The number of rotatable bonds is 6. The molecule has 0 amide bonds. The molecule has 0 radical (unpaired) electrons. The molecule has 3 nitrogen and oxygen atoms in total. The van der Waals surface area contributed by atoms with Gasteiger partial charge in [0.15, 0.2) is 0 Å². The number of hydrogen-bond acceptors (Lipinski definition) is 2. The molecule has 1 N–H and O–H groups in total. The molecular weight excluding hydrogens is 222 g/mol. The van der Waals surface area contributed by atoms with Gasteiger partial charge in [-0.3, -0.25) is 4.68 Å². The van der Waals surface area contributed by atoms with Gasteiger partial charge >= 0.3 is 0 Å². The van der Waals surface area contributed by atoms with Crippen molar-refractivity contribution in [1.29, 1.82) is 0 Å². The summed E-state index contributed by atoms with van der Waals surface area (Å²) in [5.74, 6) is 0. The minimum atomic E-state index is 0.456. The first-order valence-electron chi connectivity index (χ1n) is 7.15. The molecule has 100 valence electrons. The zero-order chi connectivity index (χ0) is 12.8. The maximum absolute atomic E-state index is 4.75. The van der Waals surface area contributed by atoms with Crippen molar-refractivity contribution in [2.75, 3.05) is 7.05 Å². The van der Waals surface area contributed by atoms with Crippen molar-refractivity contribution in [1.82, 2.24) is 15.1 Å². The van der Waals surface area contributed by atoms with Crippen LogP contribution in [0.3, 0.4) is 0 Å². The van der Waals surface area contributed by atoms with Gasteiger partial charge in [0.2, 0.25) is 0 Å². The minimum absolute atomic E-state index is 0.456. The Hall–Kier alpha value is -1.09. The third-order valence-electron chi connectivity index (χ3n) is 3.93. The van der Waals surface area contributed by atoms with E-state index in [9.17, 15) is 0 Å². The predicted molar refractivity (Wildman–Crippen MR) is 75.7 cm³/mol. The van der Waals surface area contributed by atoms with Crippen molar-refractivity contribution in [3.05, 3.63) is 30.6 Å². The average Bonchev–Trinajstić information content (AvgIpc) is 2.88. The smallest absolute Gasteiger partial charge is 0.0640 e. The molecule has 1 aromatic rings. The predicted octanol–water partition coefficient (Wildman–Crippen LogP) is 3.09. The molecular formula is C15H25N3. The largest absolute Gasteiger partial charge is 0.316 e. The number of nitrogens with one attached hydrogen (secondary N) is 1. The van der Waals surface area contributed by atoms with Gasteiger partial charge in [0.1, 0.15) is 0 Å². The molecule has 1 heterocycles. The van der Waals surface area contributed by atoms with Crippen LogP contribution in [0.25, 0.3) is 0 Å². The van der Waals surface area contributed by atoms with Crippen LogP contribution >= 0.6 is 0 Å². The molecule has 1 aliphatic rings. The fourth-order valence-corrected chi connectivity index (χ4v) is 2.79. The number of hydrogen-bond donors (Lipinski definition) is 1. The lowest BCUT2D eigenvalue weighted by atomic mass is 9.96. The molecule has 1 atom stereocenters. The van der Waals surface area contributed by atoms with E-state index in [0.29, 0.717) is 12.1 Å². The Balaban J connectivity index is 1.94. The van der Waals surface area contributed by atoms with Crippen molar-refractivity contribution >= 4 is 0 Å². The SMILES string of the molecule is C=CCC(Cc1ccn(C2CCCCC2)n1)NC. The van der Waals surface area contributed by atoms with Crippen LogP contribution in [0.1, 0.15) is 50.3 Å². The Labute approximate surface area is 110 Å². The quantitative estimate of drug-likeness (QED) is 0.783. The summed E-state index contributed by atoms with van der Waals surface area (Å²) in [6.07, 6.45) is 12.8. The third-order valence-corrected chi connectivity index (χ3v) is 3.93. The van der Waals surface area contributed by atoms with E-state index in [2.05, 4.69) is 28.8 Å². The van der Waals surface area contributed by atoms with E-state index < -0.39 is 0 Å². The second-order valence-electron chi connectivity index (χ2n) is 5.29. The summed E-state index contributed by atoms with van der Waals surface area (Å²) in [4.78, 5) is 0. The molecule has 0 aromatic carbocycles. The standard InChI is InChI=1S/C15H25N3/c1-3-7-13(16-2)12-14-10-11-18(17-14)15-8-5-4-6-9-15/h3,10-11,13,15-16H,1,4-9,12H2,2H3. The Kier molecular flexibility index (Phi) is 5.00. The minimum Gasteiger partial charge on any atom is -0.316 e. The van der Waals surface area contributed by atoms with Gasteiger partial charge in [-0.1, -0.05) is 25.3 Å². The molecule has 1 saturated carbocycles. The van der Waals surface area contributed by atoms with E-state index in [1.165, 1.54) is 37.8 Å². The summed E-state index contributed by atoms with van der Waals surface area (Å²) < 4.78 is 2.19. The second-order valence-corrected chi connectivity index (χ2v) is 5.29. The van der Waals surface area contributed by atoms with Crippen LogP contribution in [0.4, 0.5) is 0 Å². The van der Waals surface area contributed by atoms with Crippen LogP contribution in [-0.2, 0) is 6.42 Å². The maximum Gasteiger partial charge on any atom is 0.0640 e. The summed E-state index contributed by atoms with van der Waals surface area (Å²) in [6.45, 7) is 3.80. The molecule has 1 fully saturated rings. The Morgan fingerprint density at radius 3 is 2.94 bits per heavy atom. The molecule has 2 rings (SSSR count). The molecule has 0 bridgehead atoms. The fourth-order valence-electron chi connectivity index (χ4n) is 2.79. The first-order chi connectivity index (χ1) is 8.83. The molecule has 3 heteroatoms. The van der Waals surface area contributed by atoms with Gasteiger partial charge < -0.3 is 5.32 Å². The van der Waals surface area contributed by atoms with E-state index in [1.807, 2.05) is 13.1 Å². The van der Waals surface area contributed by atoms with Crippen LogP contribution in [0.5, 0.6) is 0 Å². The summed E-state index contributed by atoms with van der Waals surface area (Å²) in [5.41, 5.74) is 1.20. The van der Waals surface area contributed by atoms with Crippen LogP contribution in [0.15, 0.2) is 24.9 Å². The highest BCUT2D eigenvalue weighted by atomic mass is 15.3. The lowest BCUT2D eigenvalue weighted by Crippen LogP contribution is -2.27. The summed E-state index contributed by atoms with van der Waals surface area (Å²) in [5, 5.41) is 8.07. The van der Waals surface area contributed by atoms with Crippen molar-refractivity contribution in [3.63, 3.8) is 0 Å². The lowest BCUT2D eigenvalue weighted by molar-refractivity contribution is 0.327. The normalized spacial score (nSPS) is 18.7. The van der Waals surface area contributed by atoms with Gasteiger partial charge in [0.05, 0.1) is 11.7 Å². The Morgan fingerprint density at radius 2 is 2.28 bits per heavy atom. The number of likely N-dealkylation sites (N-methyl/N-ethyl adjacent to an activating group) is 1. The van der Waals surface area contributed by atoms with E-state index in [1.54, 1.807) is 0 Å². The van der Waals surface area contributed by atoms with E-state index >= 15 is 0 Å². The van der Waals surface area contributed by atoms with Crippen molar-refractivity contribution in [2.24, 2.45) is 0 Å². The molecule has 1 aliphatic carbocycles. The van der Waals surface area contributed by atoms with Crippen molar-refractivity contribution in [2.45, 2.75) is 57.0 Å². The van der Waals surface area contributed by atoms with E-state index in [-0.39, 0.29) is 0 Å². The Bertz CT molecular complexity index is 364. The third kappa shape index (κ3) is 3.45. The van der Waals surface area contributed by atoms with Gasteiger partial charge in [-0.25, -0.2) is 0 Å². The Morgan fingerprint density at radius 1 is 1.50 bits per heavy atom. The summed E-state index contributed by atoms with van der Waals surface area (Å²) in [6, 6.07) is 3.26. The van der Waals surface area contributed by atoms with E-state index in [0.717, 1.165) is 12.8 Å². The topological polar surface area (TPSA) is 29.9 Å². The monoisotopic (exact) mass is 247 g/mol. The zero-order valence-electron chi connectivity index (χ0n) is 11.4. The first-order valence-corrected chi connectivity index (χ1v) is 7.15. The van der Waals surface area contributed by atoms with Crippen LogP contribution in [0, 0.1) is 0 Å². The van der Waals surface area contributed by atoms with Crippen LogP contribution in [-0.4, -0.2) is 22.9 Å². The highest BCUT2D eigenvalue weighted by Gasteiger charge is 2.16. The molecule has 0 spiro atoms. The number of nitrogens with zero attached hydrogens (tertiary/aromatic N) is 2. The van der Waals surface area contributed by atoms with Gasteiger partial charge in [-0.05, 0) is 32.4 Å². The van der Waals surface area contributed by atoms with Crippen molar-refractivity contribution < 1.29 is 0 Å². The van der Waals surface area contributed by atoms with Gasteiger partial charge in [-0.2, -0.15) is 5.10 Å². The van der Waals surface area contributed by atoms with Crippen LogP contribution < -0.4 is 5.32 Å². The molecule has 0 aliphatic heterocycles. The zero-order valence-corrected chi connectivity index (χ0v) is 11.4. The summed E-state index contributed by atoms with van der Waals surface area (Å²) in [7, 11) is 2.01. The van der Waals surface area contributed by atoms with Gasteiger partial charge in [-0.15, -0.1) is 6.58 Å². The second kappa shape index (κ2) is 6.74. The highest BCUT2D eigenvalue weighted by molar-refractivity contribution is 5.03. The highest BCUT2D eigenvalue weighted by Crippen LogP contribution is 2.27. The van der Waals surface area contributed by atoms with Crippen molar-refractivity contribution in [3.8, 4) is 0 Å². The molecule has 18 heavy (non-hydrogen) atoms. The fraction of sp³-hybridized carbons (Fsp3) is 0.667. The first kappa shape index (κ1) is 13.3. The summed E-state index contributed by atoms with van der Waals surface area (Å²) >= 11 is 0. The van der Waals surface area contributed by atoms with Gasteiger partial charge in [0, 0.05) is 18.7 Å². The van der Waals surface area contributed by atoms with Gasteiger partial charge in [0.25, 0.3) is 0 Å². The van der Waals surface area contributed by atoms with E-state index in [4.69, 9.17) is 5.10 Å². The molecule has 1 aromatic heterocycles. The molecule has 1 unspecified atom stereocenters. The van der Waals surface area contributed by atoms with Crippen LogP contribution in [0.2, 0.25) is 0 Å². The number of aromatic nitrogens is 2. The average molecular weight is 247 g/mol. The molecule has 0 saturated heterocycles. The lowest BCUT2D eigenvalue weighted by Gasteiger charge is -2.22. The maximum atomic E-state index is 4.75.